The van der Waals surface area contributed by atoms with Crippen LogP contribution in [0.2, 0.25) is 0 Å². The molecule has 0 fully saturated rings. The highest BCUT2D eigenvalue weighted by atomic mass is 16.3. The molecule has 1 amide bonds. The third-order valence-electron chi connectivity index (χ3n) is 4.27. The Morgan fingerprint density at radius 2 is 1.13 bits per heavy atom. The van der Waals surface area contributed by atoms with Crippen LogP contribution in [0.4, 0.5) is 0 Å². The molecule has 0 aliphatic carbocycles. The fraction of sp³-hybridized carbons (Fsp3) is 0.947. The van der Waals surface area contributed by atoms with Crippen LogP contribution in [0.5, 0.6) is 0 Å². The van der Waals surface area contributed by atoms with Crippen LogP contribution in [0, 0.1) is 0 Å². The molecule has 2 N–H and O–H groups in total. The molecule has 0 saturated carbocycles. The van der Waals surface area contributed by atoms with Crippen LogP contribution in [0.3, 0.4) is 0 Å². The Balaban J connectivity index is 3.57. The van der Waals surface area contributed by atoms with Gasteiger partial charge in [-0.15, -0.1) is 0 Å². The van der Waals surface area contributed by atoms with E-state index in [-0.39, 0.29) is 19.1 Å². The SMILES string of the molecule is CCCCCCCCCCCCC(=O)N(CCCO)CCCO. The van der Waals surface area contributed by atoms with Gasteiger partial charge >= 0.3 is 0 Å². The van der Waals surface area contributed by atoms with Crippen molar-refractivity contribution in [2.75, 3.05) is 26.3 Å². The topological polar surface area (TPSA) is 60.8 Å². The lowest BCUT2D eigenvalue weighted by Crippen LogP contribution is -2.33. The molecular formula is C19H39NO3. The molecule has 0 bridgehead atoms. The highest BCUT2D eigenvalue weighted by Gasteiger charge is 2.11. The standard InChI is InChI=1S/C19H39NO3/c1-2-3-4-5-6-7-8-9-10-11-14-19(23)20(15-12-17-21)16-13-18-22/h21-22H,2-18H2,1H3. The number of nitrogens with zero attached hydrogens (tertiary/aromatic N) is 1. The number of aliphatic hydroxyl groups excluding tert-OH is 2. The predicted molar refractivity (Wildman–Crippen MR) is 96.4 cm³/mol. The van der Waals surface area contributed by atoms with E-state index in [1.165, 1.54) is 51.4 Å². The van der Waals surface area contributed by atoms with E-state index in [1.54, 1.807) is 4.90 Å². The number of hydrogen-bond acceptors (Lipinski definition) is 3. The summed E-state index contributed by atoms with van der Waals surface area (Å²) >= 11 is 0. The summed E-state index contributed by atoms with van der Waals surface area (Å²) in [4.78, 5) is 13.9. The first-order chi connectivity index (χ1) is 11.3. The van der Waals surface area contributed by atoms with Crippen LogP contribution in [-0.2, 0) is 4.79 Å². The summed E-state index contributed by atoms with van der Waals surface area (Å²) in [6, 6.07) is 0. The minimum Gasteiger partial charge on any atom is -0.396 e. The molecule has 4 heteroatoms. The summed E-state index contributed by atoms with van der Waals surface area (Å²) in [6.07, 6.45) is 14.6. The van der Waals surface area contributed by atoms with E-state index < -0.39 is 0 Å². The molecule has 4 nitrogen and oxygen atoms in total. The first kappa shape index (κ1) is 22.4. The molecule has 0 unspecified atom stereocenters. The second-order valence-corrected chi connectivity index (χ2v) is 6.47. The van der Waals surface area contributed by atoms with Gasteiger partial charge in [-0.05, 0) is 19.3 Å². The zero-order valence-electron chi connectivity index (χ0n) is 15.3. The zero-order chi connectivity index (χ0) is 17.2. The minimum atomic E-state index is 0.112. The Hall–Kier alpha value is -0.610. The normalized spacial score (nSPS) is 10.9. The second kappa shape index (κ2) is 17.7. The van der Waals surface area contributed by atoms with Crippen molar-refractivity contribution in [1.82, 2.24) is 4.90 Å². The summed E-state index contributed by atoms with van der Waals surface area (Å²) in [6.45, 7) is 3.68. The Morgan fingerprint density at radius 3 is 1.57 bits per heavy atom. The van der Waals surface area contributed by atoms with Crippen LogP contribution in [0.15, 0.2) is 0 Å². The van der Waals surface area contributed by atoms with E-state index in [0.29, 0.717) is 32.4 Å². The summed E-state index contributed by atoms with van der Waals surface area (Å²) in [5.74, 6) is 0.173. The van der Waals surface area contributed by atoms with E-state index >= 15 is 0 Å². The van der Waals surface area contributed by atoms with E-state index in [0.717, 1.165) is 12.8 Å². The third kappa shape index (κ3) is 14.7. The fourth-order valence-electron chi connectivity index (χ4n) is 2.81. The van der Waals surface area contributed by atoms with Crippen LogP contribution in [-0.4, -0.2) is 47.3 Å². The smallest absolute Gasteiger partial charge is 0.222 e. The summed E-state index contributed by atoms with van der Waals surface area (Å²) in [7, 11) is 0. The predicted octanol–water partition coefficient (Wildman–Crippen LogP) is 3.89. The summed E-state index contributed by atoms with van der Waals surface area (Å²) in [5, 5.41) is 17.8. The van der Waals surface area contributed by atoms with Crippen molar-refractivity contribution in [1.29, 1.82) is 0 Å². The molecule has 0 aliphatic heterocycles. The lowest BCUT2D eigenvalue weighted by molar-refractivity contribution is -0.131. The molecule has 0 atom stereocenters. The molecule has 138 valence electrons. The summed E-state index contributed by atoms with van der Waals surface area (Å²) < 4.78 is 0. The molecule has 0 aromatic carbocycles. The lowest BCUT2D eigenvalue weighted by atomic mass is 10.1. The van der Waals surface area contributed by atoms with E-state index in [9.17, 15) is 4.79 Å². The van der Waals surface area contributed by atoms with Crippen molar-refractivity contribution >= 4 is 5.91 Å². The number of carbonyl (C=O) groups excluding carboxylic acids is 1. The van der Waals surface area contributed by atoms with Crippen LogP contribution in [0.1, 0.15) is 90.4 Å². The van der Waals surface area contributed by atoms with Gasteiger partial charge in [0.1, 0.15) is 0 Å². The summed E-state index contributed by atoms with van der Waals surface area (Å²) in [5.41, 5.74) is 0. The molecular weight excluding hydrogens is 290 g/mol. The fourth-order valence-corrected chi connectivity index (χ4v) is 2.81. The molecule has 23 heavy (non-hydrogen) atoms. The maximum Gasteiger partial charge on any atom is 0.222 e. The number of amides is 1. The number of aliphatic hydroxyl groups is 2. The molecule has 0 radical (unpaired) electrons. The Bertz CT molecular complexity index is 251. The third-order valence-corrected chi connectivity index (χ3v) is 4.27. The van der Waals surface area contributed by atoms with E-state index in [2.05, 4.69) is 6.92 Å². The largest absolute Gasteiger partial charge is 0.396 e. The van der Waals surface area contributed by atoms with E-state index in [1.807, 2.05) is 0 Å². The lowest BCUT2D eigenvalue weighted by Gasteiger charge is -2.22. The molecule has 0 aromatic heterocycles. The molecule has 0 aliphatic rings. The molecule has 0 aromatic rings. The number of unbranched alkanes of at least 4 members (excludes halogenated alkanes) is 9. The van der Waals surface area contributed by atoms with Crippen molar-refractivity contribution in [2.24, 2.45) is 0 Å². The van der Waals surface area contributed by atoms with Crippen molar-refractivity contribution in [2.45, 2.75) is 90.4 Å². The molecule has 0 saturated heterocycles. The maximum atomic E-state index is 12.2. The van der Waals surface area contributed by atoms with Gasteiger partial charge in [-0.1, -0.05) is 64.7 Å². The number of carbonyl (C=O) groups is 1. The first-order valence-electron chi connectivity index (χ1n) is 9.75. The second-order valence-electron chi connectivity index (χ2n) is 6.47. The van der Waals surface area contributed by atoms with Crippen LogP contribution < -0.4 is 0 Å². The quantitative estimate of drug-likeness (QED) is 0.398. The van der Waals surface area contributed by atoms with Gasteiger partial charge in [-0.2, -0.15) is 0 Å². The van der Waals surface area contributed by atoms with Gasteiger partial charge in [-0.3, -0.25) is 4.79 Å². The van der Waals surface area contributed by atoms with Crippen molar-refractivity contribution in [3.8, 4) is 0 Å². The minimum absolute atomic E-state index is 0.112. The Labute approximate surface area is 143 Å². The first-order valence-corrected chi connectivity index (χ1v) is 9.75. The van der Waals surface area contributed by atoms with Crippen LogP contribution >= 0.6 is 0 Å². The monoisotopic (exact) mass is 329 g/mol. The average molecular weight is 330 g/mol. The van der Waals surface area contributed by atoms with Gasteiger partial charge in [0, 0.05) is 32.7 Å². The molecule has 0 rings (SSSR count). The average Bonchev–Trinajstić information content (AvgIpc) is 2.56. The van der Waals surface area contributed by atoms with Crippen LogP contribution in [0.25, 0.3) is 0 Å². The van der Waals surface area contributed by atoms with Gasteiger partial charge < -0.3 is 15.1 Å². The maximum absolute atomic E-state index is 12.2. The van der Waals surface area contributed by atoms with Gasteiger partial charge in [0.2, 0.25) is 5.91 Å². The van der Waals surface area contributed by atoms with Gasteiger partial charge in [0.25, 0.3) is 0 Å². The highest BCUT2D eigenvalue weighted by molar-refractivity contribution is 5.76. The van der Waals surface area contributed by atoms with Crippen molar-refractivity contribution in [3.63, 3.8) is 0 Å². The number of rotatable bonds is 17. The zero-order valence-corrected chi connectivity index (χ0v) is 15.3. The molecule has 0 spiro atoms. The van der Waals surface area contributed by atoms with Crippen molar-refractivity contribution in [3.05, 3.63) is 0 Å². The molecule has 0 heterocycles. The number of hydrogen-bond donors (Lipinski definition) is 2. The Kier molecular flexibility index (Phi) is 17.3. The van der Waals surface area contributed by atoms with Gasteiger partial charge in [0.05, 0.1) is 0 Å². The van der Waals surface area contributed by atoms with Gasteiger partial charge in [0.15, 0.2) is 0 Å². The van der Waals surface area contributed by atoms with Gasteiger partial charge in [-0.25, -0.2) is 0 Å². The highest BCUT2D eigenvalue weighted by Crippen LogP contribution is 2.12. The van der Waals surface area contributed by atoms with Crippen molar-refractivity contribution < 1.29 is 15.0 Å². The Morgan fingerprint density at radius 1 is 0.696 bits per heavy atom. The van der Waals surface area contributed by atoms with E-state index in [4.69, 9.17) is 10.2 Å².